The highest BCUT2D eigenvalue weighted by Gasteiger charge is 2.27. The van der Waals surface area contributed by atoms with Crippen molar-refractivity contribution < 1.29 is 0 Å². The van der Waals surface area contributed by atoms with Gasteiger partial charge in [0, 0.05) is 23.7 Å². The molecule has 0 bridgehead atoms. The number of hydrogen-bond acceptors (Lipinski definition) is 3. The maximum absolute atomic E-state index is 4.32. The summed E-state index contributed by atoms with van der Waals surface area (Å²) in [7, 11) is 0. The van der Waals surface area contributed by atoms with E-state index in [2.05, 4.69) is 38.0 Å². The Kier molecular flexibility index (Phi) is 5.02. The van der Waals surface area contributed by atoms with Crippen LogP contribution in [0, 0.1) is 18.3 Å². The number of rotatable bonds is 3. The van der Waals surface area contributed by atoms with E-state index >= 15 is 0 Å². The standard InChI is InChI=1S/C16H28N2S/c1-12-17-10-15(19-12)11-18-14-7-5-6-13(8-9-14)16(2,3)4/h10,13-14,18H,5-9,11H2,1-4H3. The van der Waals surface area contributed by atoms with Crippen LogP contribution in [0.4, 0.5) is 0 Å². The normalized spacial score (nSPS) is 25.3. The lowest BCUT2D eigenvalue weighted by atomic mass is 9.76. The van der Waals surface area contributed by atoms with Crippen LogP contribution in [0.3, 0.4) is 0 Å². The minimum Gasteiger partial charge on any atom is -0.309 e. The van der Waals surface area contributed by atoms with Crippen LogP contribution in [0.1, 0.15) is 62.8 Å². The molecule has 2 nitrogen and oxygen atoms in total. The largest absolute Gasteiger partial charge is 0.309 e. The van der Waals surface area contributed by atoms with E-state index < -0.39 is 0 Å². The molecule has 0 amide bonds. The highest BCUT2D eigenvalue weighted by molar-refractivity contribution is 7.11. The minimum absolute atomic E-state index is 0.476. The van der Waals surface area contributed by atoms with Gasteiger partial charge in [-0.2, -0.15) is 0 Å². The van der Waals surface area contributed by atoms with Crippen LogP contribution in [0.25, 0.3) is 0 Å². The fourth-order valence-electron chi connectivity index (χ4n) is 3.10. The van der Waals surface area contributed by atoms with Crippen LogP contribution in [0.2, 0.25) is 0 Å². The first-order valence-corrected chi connectivity index (χ1v) is 8.41. The van der Waals surface area contributed by atoms with Gasteiger partial charge in [0.2, 0.25) is 0 Å². The van der Waals surface area contributed by atoms with Gasteiger partial charge in [-0.3, -0.25) is 0 Å². The van der Waals surface area contributed by atoms with E-state index in [1.807, 2.05) is 17.5 Å². The third-order valence-corrected chi connectivity index (χ3v) is 5.34. The monoisotopic (exact) mass is 280 g/mol. The molecule has 0 saturated heterocycles. The number of nitrogens with one attached hydrogen (secondary N) is 1. The van der Waals surface area contributed by atoms with E-state index in [4.69, 9.17) is 0 Å². The predicted octanol–water partition coefficient (Wildman–Crippen LogP) is 4.54. The van der Waals surface area contributed by atoms with E-state index in [1.54, 1.807) is 0 Å². The fraction of sp³-hybridized carbons (Fsp3) is 0.812. The summed E-state index contributed by atoms with van der Waals surface area (Å²) in [5.41, 5.74) is 0.476. The Balaban J connectivity index is 1.80. The molecule has 0 radical (unpaired) electrons. The lowest BCUT2D eigenvalue weighted by Gasteiger charge is -2.29. The van der Waals surface area contributed by atoms with Gasteiger partial charge in [-0.05, 0) is 43.9 Å². The van der Waals surface area contributed by atoms with E-state index in [9.17, 15) is 0 Å². The van der Waals surface area contributed by atoms with Crippen molar-refractivity contribution in [1.82, 2.24) is 10.3 Å². The summed E-state index contributed by atoms with van der Waals surface area (Å²) >= 11 is 1.81. The van der Waals surface area contributed by atoms with Crippen molar-refractivity contribution in [2.75, 3.05) is 0 Å². The molecule has 2 atom stereocenters. The smallest absolute Gasteiger partial charge is 0.0897 e. The molecule has 2 unspecified atom stereocenters. The van der Waals surface area contributed by atoms with Crippen LogP contribution in [0.5, 0.6) is 0 Å². The highest BCUT2D eigenvalue weighted by Crippen LogP contribution is 2.36. The first kappa shape index (κ1) is 15.0. The minimum atomic E-state index is 0.476. The van der Waals surface area contributed by atoms with E-state index in [0.29, 0.717) is 11.5 Å². The first-order chi connectivity index (χ1) is 8.95. The predicted molar refractivity (Wildman–Crippen MR) is 83.5 cm³/mol. The third-order valence-electron chi connectivity index (χ3n) is 4.43. The van der Waals surface area contributed by atoms with Gasteiger partial charge in [0.25, 0.3) is 0 Å². The average Bonchev–Trinajstić information content (AvgIpc) is 2.61. The Morgan fingerprint density at radius 1 is 1.26 bits per heavy atom. The molecule has 19 heavy (non-hydrogen) atoms. The summed E-state index contributed by atoms with van der Waals surface area (Å²) in [5.74, 6) is 0.893. The molecule has 0 aliphatic heterocycles. The van der Waals surface area contributed by atoms with Gasteiger partial charge in [-0.25, -0.2) is 4.98 Å². The Hall–Kier alpha value is -0.410. The van der Waals surface area contributed by atoms with Crippen LogP contribution < -0.4 is 5.32 Å². The van der Waals surface area contributed by atoms with Gasteiger partial charge in [0.15, 0.2) is 0 Å². The second-order valence-electron chi connectivity index (χ2n) is 6.99. The summed E-state index contributed by atoms with van der Waals surface area (Å²) in [6.07, 6.45) is 8.84. The zero-order valence-corrected chi connectivity index (χ0v) is 13.6. The summed E-state index contributed by atoms with van der Waals surface area (Å²) in [4.78, 5) is 5.69. The average molecular weight is 280 g/mol. The van der Waals surface area contributed by atoms with Crippen LogP contribution in [-0.4, -0.2) is 11.0 Å². The first-order valence-electron chi connectivity index (χ1n) is 7.60. The van der Waals surface area contributed by atoms with E-state index in [0.717, 1.165) is 12.5 Å². The lowest BCUT2D eigenvalue weighted by Crippen LogP contribution is -2.28. The zero-order chi connectivity index (χ0) is 13.9. The lowest BCUT2D eigenvalue weighted by molar-refractivity contribution is 0.213. The van der Waals surface area contributed by atoms with Crippen molar-refractivity contribution in [3.8, 4) is 0 Å². The van der Waals surface area contributed by atoms with Crippen molar-refractivity contribution in [3.05, 3.63) is 16.1 Å². The molecule has 1 aliphatic carbocycles. The summed E-state index contributed by atoms with van der Waals surface area (Å²) in [6, 6.07) is 0.703. The van der Waals surface area contributed by atoms with Crippen molar-refractivity contribution in [3.63, 3.8) is 0 Å². The molecule has 3 heteroatoms. The molecule has 1 aromatic rings. The third kappa shape index (κ3) is 4.57. The summed E-state index contributed by atoms with van der Waals surface area (Å²) in [5, 5.41) is 4.91. The van der Waals surface area contributed by atoms with Crippen molar-refractivity contribution >= 4 is 11.3 Å². The van der Waals surface area contributed by atoms with Gasteiger partial charge in [-0.1, -0.05) is 27.2 Å². The Labute approximate surface area is 122 Å². The molecule has 1 N–H and O–H groups in total. The topological polar surface area (TPSA) is 24.9 Å². The van der Waals surface area contributed by atoms with Crippen LogP contribution >= 0.6 is 11.3 Å². The second kappa shape index (κ2) is 6.36. The molecule has 1 aliphatic rings. The maximum Gasteiger partial charge on any atom is 0.0897 e. The summed E-state index contributed by atoms with van der Waals surface area (Å²) in [6.45, 7) is 10.3. The van der Waals surface area contributed by atoms with Crippen LogP contribution in [-0.2, 0) is 6.54 Å². The van der Waals surface area contributed by atoms with Crippen molar-refractivity contribution in [2.24, 2.45) is 11.3 Å². The molecular formula is C16H28N2S. The molecule has 0 spiro atoms. The molecule has 2 rings (SSSR count). The van der Waals surface area contributed by atoms with Gasteiger partial charge >= 0.3 is 0 Å². The van der Waals surface area contributed by atoms with Crippen molar-refractivity contribution in [1.29, 1.82) is 0 Å². The molecule has 1 fully saturated rings. The van der Waals surface area contributed by atoms with Gasteiger partial charge in [-0.15, -0.1) is 11.3 Å². The zero-order valence-electron chi connectivity index (χ0n) is 12.8. The molecule has 1 aromatic heterocycles. The number of aromatic nitrogens is 1. The van der Waals surface area contributed by atoms with Gasteiger partial charge < -0.3 is 5.32 Å². The van der Waals surface area contributed by atoms with E-state index in [1.165, 1.54) is 42.0 Å². The Morgan fingerprint density at radius 2 is 2.05 bits per heavy atom. The van der Waals surface area contributed by atoms with Crippen LogP contribution in [0.15, 0.2) is 6.20 Å². The number of hydrogen-bond donors (Lipinski definition) is 1. The van der Waals surface area contributed by atoms with Gasteiger partial charge in [0.05, 0.1) is 5.01 Å². The second-order valence-corrected chi connectivity index (χ2v) is 8.31. The molecule has 0 aromatic carbocycles. The molecular weight excluding hydrogens is 252 g/mol. The Bertz CT molecular complexity index is 392. The number of thiazole rings is 1. The Morgan fingerprint density at radius 3 is 2.68 bits per heavy atom. The SMILES string of the molecule is Cc1ncc(CNC2CCCC(C(C)(C)C)CC2)s1. The summed E-state index contributed by atoms with van der Waals surface area (Å²) < 4.78 is 0. The maximum atomic E-state index is 4.32. The number of nitrogens with zero attached hydrogens (tertiary/aromatic N) is 1. The molecule has 1 saturated carbocycles. The van der Waals surface area contributed by atoms with Crippen molar-refractivity contribution in [2.45, 2.75) is 72.4 Å². The quantitative estimate of drug-likeness (QED) is 0.822. The molecule has 1 heterocycles. The van der Waals surface area contributed by atoms with E-state index in [-0.39, 0.29) is 0 Å². The highest BCUT2D eigenvalue weighted by atomic mass is 32.1. The molecule has 108 valence electrons. The fourth-order valence-corrected chi connectivity index (χ4v) is 3.85. The van der Waals surface area contributed by atoms with Gasteiger partial charge in [0.1, 0.15) is 0 Å². The number of aryl methyl sites for hydroxylation is 1.